The molecule has 53 heavy (non-hydrogen) atoms. The zero-order chi connectivity index (χ0) is 39.2. The Balaban J connectivity index is 1.38. The Kier molecular flexibility index (Phi) is 10.7. The van der Waals surface area contributed by atoms with E-state index in [1.165, 1.54) is 13.2 Å². The highest BCUT2D eigenvalue weighted by Gasteiger charge is 2.72. The third-order valence-electron chi connectivity index (χ3n) is 9.98. The number of benzene rings is 1. The van der Waals surface area contributed by atoms with Gasteiger partial charge in [0.2, 0.25) is 12.2 Å². The van der Waals surface area contributed by atoms with Crippen LogP contribution in [-0.4, -0.2) is 146 Å². The van der Waals surface area contributed by atoms with Crippen LogP contribution in [0.15, 0.2) is 24.0 Å². The molecule has 6 N–H and O–H groups in total. The van der Waals surface area contributed by atoms with E-state index in [-0.39, 0.29) is 18.2 Å². The van der Waals surface area contributed by atoms with E-state index in [2.05, 4.69) is 4.74 Å². The van der Waals surface area contributed by atoms with E-state index in [4.69, 9.17) is 39.0 Å². The second-order valence-electron chi connectivity index (χ2n) is 13.1. The van der Waals surface area contributed by atoms with E-state index in [9.17, 15) is 48.9 Å². The van der Waals surface area contributed by atoms with Crippen LogP contribution in [0.2, 0.25) is 0 Å². The maximum Gasteiger partial charge on any atom is 0.348 e. The minimum absolute atomic E-state index is 0.0130. The normalized spacial score (nSPS) is 26.5. The average Bonchev–Trinajstić information content (AvgIpc) is 3.45. The molecule has 2 bridgehead atoms. The number of likely N-dealkylation sites (N-methyl/N-ethyl adjacent to an activating group) is 1. The smallest absolute Gasteiger partial charge is 0.348 e. The predicted molar refractivity (Wildman–Crippen MR) is 167 cm³/mol. The van der Waals surface area contributed by atoms with Gasteiger partial charge in [-0.25, -0.2) is 24.0 Å². The first-order valence-electron chi connectivity index (χ1n) is 16.2. The van der Waals surface area contributed by atoms with Gasteiger partial charge in [-0.15, -0.1) is 0 Å². The van der Waals surface area contributed by atoms with Crippen molar-refractivity contribution in [1.29, 1.82) is 0 Å². The maximum absolute atomic E-state index is 13.5. The molecule has 0 radical (unpaired) electrons. The van der Waals surface area contributed by atoms with Gasteiger partial charge in [-0.1, -0.05) is 6.07 Å². The molecule has 20 nitrogen and oxygen atoms in total. The lowest BCUT2D eigenvalue weighted by atomic mass is 9.50. The lowest BCUT2D eigenvalue weighted by Crippen LogP contribution is -2.74. The molecule has 288 valence electrons. The van der Waals surface area contributed by atoms with Crippen LogP contribution in [0.4, 0.5) is 0 Å². The third-order valence-corrected chi connectivity index (χ3v) is 9.98. The van der Waals surface area contributed by atoms with Crippen molar-refractivity contribution in [2.75, 3.05) is 20.7 Å². The maximum atomic E-state index is 13.5. The molecule has 2 aliphatic heterocycles. The first-order chi connectivity index (χ1) is 24.9. The molecule has 2 aliphatic carbocycles. The number of aliphatic hydroxyl groups is 3. The summed E-state index contributed by atoms with van der Waals surface area (Å²) in [5, 5.41) is 58.9. The summed E-state index contributed by atoms with van der Waals surface area (Å²) in [5.74, 6) is -11.2. The second-order valence-corrected chi connectivity index (χ2v) is 13.1. The number of piperidine rings is 1. The van der Waals surface area contributed by atoms with Crippen LogP contribution in [0.3, 0.4) is 0 Å². The molecular weight excluding hydrogens is 714 g/mol. The first-order valence-corrected chi connectivity index (χ1v) is 16.2. The molecule has 0 saturated carbocycles. The number of hydrogen-bond donors (Lipinski definition) is 6. The molecule has 9 atom stereocenters. The fraction of sp³-hybridized carbons (Fsp3) is 0.545. The number of carboxylic acids is 3. The van der Waals surface area contributed by atoms with Crippen molar-refractivity contribution in [3.63, 3.8) is 0 Å². The second kappa shape index (κ2) is 14.6. The zero-order valence-corrected chi connectivity index (χ0v) is 28.5. The molecule has 20 heteroatoms. The number of aliphatic hydroxyl groups excluding tert-OH is 2. The van der Waals surface area contributed by atoms with Crippen LogP contribution in [0.5, 0.6) is 11.5 Å². The highest BCUT2D eigenvalue weighted by molar-refractivity contribution is 5.90. The number of carbonyl (C=O) groups excluding carboxylic acids is 4. The SMILES string of the molecule is COc1ccc2c3c1O[C@H]1C(OC(=O)C[C@H](OC(=O)[C@H](O)[C@@H](O)C(=O)O)C(=O)O[C@@H](C)C(=O)O[C@@H](CC(=O)O)C(=O)O)=CC[C@@]4(O)[C@@H](C2)N(C)CC[C@]314. The van der Waals surface area contributed by atoms with Crippen molar-refractivity contribution in [1.82, 2.24) is 4.90 Å². The lowest BCUT2D eigenvalue weighted by molar-refractivity contribution is -0.189. The van der Waals surface area contributed by atoms with Crippen LogP contribution in [-0.2, 0) is 64.3 Å². The number of carbonyl (C=O) groups is 7. The number of rotatable bonds is 15. The number of ether oxygens (including phenoxy) is 6. The summed E-state index contributed by atoms with van der Waals surface area (Å²) in [6.45, 7) is 1.42. The summed E-state index contributed by atoms with van der Waals surface area (Å²) in [4.78, 5) is 87.1. The summed E-state index contributed by atoms with van der Waals surface area (Å²) in [6, 6.07) is 3.27. The van der Waals surface area contributed by atoms with Gasteiger partial charge in [-0.3, -0.25) is 9.59 Å². The molecule has 2 heterocycles. The standard InChI is InChI=1S/C33H37NO19/c1-13(29(44)51-17(27(40)41)11-20(35)36)49-30(45)18(52-31(46)24(39)23(38)28(42)43)12-21(37)50-16-6-7-33(47)19-10-14-4-5-15(48-3)25-22(14)32(33,26(16)53-25)8-9-34(19)2/h4-6,13,17-19,23-24,26,38-39,47H,7-12H2,1-3H3,(H,35,36)(H,40,41)(H,42,43)/t13-,17-,18-,19+,23+,24+,26-,32-,33+/m0/s1. The van der Waals surface area contributed by atoms with E-state index in [1.807, 2.05) is 18.0 Å². The Morgan fingerprint density at radius 1 is 0.925 bits per heavy atom. The van der Waals surface area contributed by atoms with Gasteiger partial charge < -0.3 is 64.0 Å². The van der Waals surface area contributed by atoms with Gasteiger partial charge in [0.1, 0.15) is 5.76 Å². The quantitative estimate of drug-likeness (QED) is 0.0836. The fourth-order valence-electron chi connectivity index (χ4n) is 7.43. The molecule has 1 aromatic rings. The number of aliphatic carboxylic acids is 3. The Labute approximate surface area is 299 Å². The molecule has 5 rings (SSSR count). The minimum Gasteiger partial charge on any atom is -0.493 e. The Bertz CT molecular complexity index is 1760. The lowest BCUT2D eigenvalue weighted by Gasteiger charge is -2.61. The number of esters is 4. The molecule has 0 unspecified atom stereocenters. The van der Waals surface area contributed by atoms with Gasteiger partial charge in [0.05, 0.1) is 31.0 Å². The Morgan fingerprint density at radius 2 is 1.60 bits per heavy atom. The minimum atomic E-state index is -2.76. The van der Waals surface area contributed by atoms with Crippen LogP contribution in [0.1, 0.15) is 43.7 Å². The first kappa shape index (κ1) is 38.9. The van der Waals surface area contributed by atoms with Gasteiger partial charge >= 0.3 is 41.8 Å². The van der Waals surface area contributed by atoms with Crippen molar-refractivity contribution in [3.8, 4) is 11.5 Å². The van der Waals surface area contributed by atoms with E-state index >= 15 is 0 Å². The van der Waals surface area contributed by atoms with E-state index in [0.717, 1.165) is 12.5 Å². The topological polar surface area (TPSA) is 299 Å². The average molecular weight is 752 g/mol. The molecule has 1 fully saturated rings. The van der Waals surface area contributed by atoms with Gasteiger partial charge in [0.15, 0.2) is 35.9 Å². The van der Waals surface area contributed by atoms with Gasteiger partial charge in [0, 0.05) is 18.0 Å². The molecule has 1 aromatic carbocycles. The van der Waals surface area contributed by atoms with Gasteiger partial charge in [-0.2, -0.15) is 0 Å². The predicted octanol–water partition coefficient (Wildman–Crippen LogP) is -1.97. The molecular formula is C33H37NO19. The van der Waals surface area contributed by atoms with Crippen molar-refractivity contribution in [2.45, 2.75) is 92.7 Å². The van der Waals surface area contributed by atoms with Crippen LogP contribution >= 0.6 is 0 Å². The number of nitrogens with zero attached hydrogens (tertiary/aromatic N) is 1. The van der Waals surface area contributed by atoms with Gasteiger partial charge in [0.25, 0.3) is 0 Å². The molecule has 1 saturated heterocycles. The van der Waals surface area contributed by atoms with E-state index in [1.54, 1.807) is 6.07 Å². The summed E-state index contributed by atoms with van der Waals surface area (Å²) in [6.07, 6.45) is -13.1. The van der Waals surface area contributed by atoms with Crippen molar-refractivity contribution in [3.05, 3.63) is 35.1 Å². The number of methoxy groups -OCH3 is 1. The van der Waals surface area contributed by atoms with Crippen LogP contribution < -0.4 is 9.47 Å². The van der Waals surface area contributed by atoms with Crippen LogP contribution in [0, 0.1) is 0 Å². The Morgan fingerprint density at radius 3 is 2.23 bits per heavy atom. The monoisotopic (exact) mass is 751 g/mol. The zero-order valence-electron chi connectivity index (χ0n) is 28.5. The fourth-order valence-corrected chi connectivity index (χ4v) is 7.43. The molecule has 0 amide bonds. The number of likely N-dealkylation sites (tertiary alicyclic amines) is 1. The largest absolute Gasteiger partial charge is 0.493 e. The van der Waals surface area contributed by atoms with E-state index in [0.29, 0.717) is 36.4 Å². The summed E-state index contributed by atoms with van der Waals surface area (Å²) in [7, 11) is 3.33. The van der Waals surface area contributed by atoms with Gasteiger partial charge in [-0.05, 0) is 51.1 Å². The Hall–Kier alpha value is -5.31. The van der Waals surface area contributed by atoms with E-state index < -0.39 is 102 Å². The number of carboxylic acid groups (broad SMARTS) is 3. The van der Waals surface area contributed by atoms with Crippen molar-refractivity contribution in [2.24, 2.45) is 0 Å². The molecule has 4 aliphatic rings. The summed E-state index contributed by atoms with van der Waals surface area (Å²) >= 11 is 0. The third kappa shape index (κ3) is 6.85. The van der Waals surface area contributed by atoms with Crippen LogP contribution in [0.25, 0.3) is 0 Å². The number of hydrogen-bond acceptors (Lipinski definition) is 17. The summed E-state index contributed by atoms with van der Waals surface area (Å²) in [5.41, 5.74) is -0.855. The van der Waals surface area contributed by atoms with Crippen molar-refractivity contribution >= 4 is 41.8 Å². The highest BCUT2D eigenvalue weighted by Crippen LogP contribution is 2.65. The molecule has 0 aromatic heterocycles. The molecule has 1 spiro atoms. The highest BCUT2D eigenvalue weighted by atomic mass is 16.6. The summed E-state index contributed by atoms with van der Waals surface area (Å²) < 4.78 is 31.9. The van der Waals surface area contributed by atoms with Crippen molar-refractivity contribution < 1.29 is 92.6 Å².